The monoisotopic (exact) mass is 234 g/mol. The summed E-state index contributed by atoms with van der Waals surface area (Å²) in [5.74, 6) is -0.399. The van der Waals surface area contributed by atoms with Crippen molar-refractivity contribution in [2.75, 3.05) is 10.6 Å². The molecule has 0 bridgehead atoms. The molecule has 17 heavy (non-hydrogen) atoms. The molecule has 1 aromatic carbocycles. The van der Waals surface area contributed by atoms with Crippen LogP contribution in [0.25, 0.3) is 0 Å². The van der Waals surface area contributed by atoms with Crippen molar-refractivity contribution in [2.45, 2.75) is 0 Å². The molecule has 0 radical (unpaired) electrons. The Morgan fingerprint density at radius 1 is 1.35 bits per heavy atom. The molecule has 88 valence electrons. The van der Waals surface area contributed by atoms with Gasteiger partial charge < -0.3 is 10.6 Å². The third kappa shape index (κ3) is 3.04. The molecule has 2 amide bonds. The molecule has 0 aliphatic rings. The number of urea groups is 1. The second kappa shape index (κ2) is 4.65. The lowest BCUT2D eigenvalue weighted by Gasteiger charge is -2.05. The van der Waals surface area contributed by atoms with Crippen LogP contribution in [-0.2, 0) is 7.05 Å². The summed E-state index contributed by atoms with van der Waals surface area (Å²) in [6.07, 6.45) is 3.18. The molecule has 1 aromatic heterocycles. The summed E-state index contributed by atoms with van der Waals surface area (Å²) >= 11 is 0. The number of amides is 2. The lowest BCUT2D eigenvalue weighted by Crippen LogP contribution is -2.19. The molecule has 0 aliphatic carbocycles. The number of anilines is 2. The van der Waals surface area contributed by atoms with Gasteiger partial charge in [0.1, 0.15) is 5.82 Å². The number of hydrogen-bond donors (Lipinski definition) is 2. The molecule has 6 heteroatoms. The molecule has 0 aliphatic heterocycles. The number of carbonyl (C=O) groups excluding carboxylic acids is 1. The Morgan fingerprint density at radius 3 is 2.76 bits per heavy atom. The minimum absolute atomic E-state index is 0.395. The average molecular weight is 234 g/mol. The first kappa shape index (κ1) is 11.1. The molecular formula is C11H11FN4O. The van der Waals surface area contributed by atoms with E-state index in [1.54, 1.807) is 24.0 Å². The molecular weight excluding hydrogens is 223 g/mol. The third-order valence-electron chi connectivity index (χ3n) is 2.05. The first-order valence-corrected chi connectivity index (χ1v) is 4.96. The number of benzene rings is 1. The summed E-state index contributed by atoms with van der Waals surface area (Å²) in [4.78, 5) is 11.5. The Bertz CT molecular complexity index is 538. The summed E-state index contributed by atoms with van der Waals surface area (Å²) in [6.45, 7) is 0. The van der Waals surface area contributed by atoms with Crippen LogP contribution in [0.5, 0.6) is 0 Å². The third-order valence-corrected chi connectivity index (χ3v) is 2.05. The van der Waals surface area contributed by atoms with E-state index in [-0.39, 0.29) is 0 Å². The lowest BCUT2D eigenvalue weighted by molar-refractivity contribution is 0.262. The van der Waals surface area contributed by atoms with Gasteiger partial charge in [0.2, 0.25) is 0 Å². The van der Waals surface area contributed by atoms with E-state index in [1.165, 1.54) is 24.4 Å². The molecule has 5 nitrogen and oxygen atoms in total. The highest BCUT2D eigenvalue weighted by molar-refractivity contribution is 5.99. The van der Waals surface area contributed by atoms with Gasteiger partial charge in [0, 0.05) is 18.9 Å². The van der Waals surface area contributed by atoms with E-state index in [4.69, 9.17) is 0 Å². The topological polar surface area (TPSA) is 59.0 Å². The van der Waals surface area contributed by atoms with E-state index >= 15 is 0 Å². The van der Waals surface area contributed by atoms with Crippen LogP contribution in [0.2, 0.25) is 0 Å². The summed E-state index contributed by atoms with van der Waals surface area (Å²) in [7, 11) is 1.75. The van der Waals surface area contributed by atoms with E-state index in [1.807, 2.05) is 0 Å². The van der Waals surface area contributed by atoms with Gasteiger partial charge in [-0.2, -0.15) is 5.10 Å². The van der Waals surface area contributed by atoms with Crippen LogP contribution in [0.1, 0.15) is 0 Å². The summed E-state index contributed by atoms with van der Waals surface area (Å²) in [6, 6.07) is 5.23. The number of nitrogens with zero attached hydrogens (tertiary/aromatic N) is 2. The molecule has 0 saturated heterocycles. The van der Waals surface area contributed by atoms with Gasteiger partial charge in [-0.05, 0) is 18.2 Å². The zero-order valence-corrected chi connectivity index (χ0v) is 9.14. The van der Waals surface area contributed by atoms with E-state index in [0.29, 0.717) is 11.4 Å². The maximum Gasteiger partial charge on any atom is 0.323 e. The van der Waals surface area contributed by atoms with Crippen LogP contribution in [0.4, 0.5) is 20.6 Å². The maximum absolute atomic E-state index is 12.9. The average Bonchev–Trinajstić information content (AvgIpc) is 2.63. The predicted octanol–water partition coefficient (Wildman–Crippen LogP) is 2.20. The molecule has 2 aromatic rings. The van der Waals surface area contributed by atoms with Gasteiger partial charge in [0.25, 0.3) is 0 Å². The maximum atomic E-state index is 12.9. The largest absolute Gasteiger partial charge is 0.323 e. The molecule has 2 rings (SSSR count). The molecule has 0 unspecified atom stereocenters. The Hall–Kier alpha value is -2.37. The fourth-order valence-electron chi connectivity index (χ4n) is 1.35. The van der Waals surface area contributed by atoms with Crippen LogP contribution in [0, 0.1) is 5.82 Å². The lowest BCUT2D eigenvalue weighted by atomic mass is 10.3. The first-order valence-electron chi connectivity index (χ1n) is 4.96. The van der Waals surface area contributed by atoms with Crippen molar-refractivity contribution in [3.8, 4) is 0 Å². The van der Waals surface area contributed by atoms with Crippen molar-refractivity contribution < 1.29 is 9.18 Å². The number of aryl methyl sites for hydroxylation is 1. The molecule has 1 heterocycles. The summed E-state index contributed by atoms with van der Waals surface area (Å²) < 4.78 is 14.4. The number of halogens is 1. The van der Waals surface area contributed by atoms with Crippen LogP contribution < -0.4 is 10.6 Å². The number of rotatable bonds is 2. The number of aromatic nitrogens is 2. The van der Waals surface area contributed by atoms with Crippen molar-refractivity contribution in [2.24, 2.45) is 7.05 Å². The van der Waals surface area contributed by atoms with Crippen molar-refractivity contribution in [1.29, 1.82) is 0 Å². The molecule has 0 spiro atoms. The van der Waals surface area contributed by atoms with Crippen LogP contribution in [0.15, 0.2) is 36.7 Å². The SMILES string of the molecule is Cn1cc(NC(=O)Nc2cccc(F)c2)cn1. The van der Waals surface area contributed by atoms with E-state index in [2.05, 4.69) is 15.7 Å². The highest BCUT2D eigenvalue weighted by atomic mass is 19.1. The fraction of sp³-hybridized carbons (Fsp3) is 0.0909. The number of nitrogens with one attached hydrogen (secondary N) is 2. The van der Waals surface area contributed by atoms with Gasteiger partial charge in [-0.15, -0.1) is 0 Å². The smallest absolute Gasteiger partial charge is 0.308 e. The quantitative estimate of drug-likeness (QED) is 0.836. The normalized spacial score (nSPS) is 10.0. The van der Waals surface area contributed by atoms with Gasteiger partial charge in [0.05, 0.1) is 11.9 Å². The highest BCUT2D eigenvalue weighted by Gasteiger charge is 2.04. The van der Waals surface area contributed by atoms with Crippen molar-refractivity contribution >= 4 is 17.4 Å². The molecule has 0 fully saturated rings. The highest BCUT2D eigenvalue weighted by Crippen LogP contribution is 2.10. The zero-order valence-electron chi connectivity index (χ0n) is 9.14. The van der Waals surface area contributed by atoms with Gasteiger partial charge in [-0.1, -0.05) is 6.07 Å². The van der Waals surface area contributed by atoms with Crippen molar-refractivity contribution in [3.63, 3.8) is 0 Å². The first-order chi connectivity index (χ1) is 8.13. The zero-order chi connectivity index (χ0) is 12.3. The molecule has 2 N–H and O–H groups in total. The van der Waals surface area contributed by atoms with Gasteiger partial charge in [-0.25, -0.2) is 9.18 Å². The standard InChI is InChI=1S/C11H11FN4O/c1-16-7-10(6-13-16)15-11(17)14-9-4-2-3-8(12)5-9/h2-7H,1H3,(H2,14,15,17). The number of carbonyl (C=O) groups is 1. The Morgan fingerprint density at radius 2 is 2.12 bits per heavy atom. The minimum Gasteiger partial charge on any atom is -0.308 e. The van der Waals surface area contributed by atoms with Gasteiger partial charge >= 0.3 is 6.03 Å². The van der Waals surface area contributed by atoms with Crippen LogP contribution in [0.3, 0.4) is 0 Å². The van der Waals surface area contributed by atoms with E-state index < -0.39 is 11.8 Å². The van der Waals surface area contributed by atoms with Gasteiger partial charge in [0.15, 0.2) is 0 Å². The van der Waals surface area contributed by atoms with E-state index in [0.717, 1.165) is 0 Å². The second-order valence-corrected chi connectivity index (χ2v) is 3.49. The Kier molecular flexibility index (Phi) is 3.04. The predicted molar refractivity (Wildman–Crippen MR) is 62.2 cm³/mol. The summed E-state index contributed by atoms with van der Waals surface area (Å²) in [5.41, 5.74) is 0.966. The van der Waals surface area contributed by atoms with E-state index in [9.17, 15) is 9.18 Å². The summed E-state index contributed by atoms with van der Waals surface area (Å²) in [5, 5.41) is 8.99. The fourth-order valence-corrected chi connectivity index (χ4v) is 1.35. The Labute approximate surface area is 97.3 Å². The second-order valence-electron chi connectivity index (χ2n) is 3.49. The van der Waals surface area contributed by atoms with Crippen LogP contribution >= 0.6 is 0 Å². The van der Waals surface area contributed by atoms with Gasteiger partial charge in [-0.3, -0.25) is 4.68 Å². The molecule has 0 atom stereocenters. The van der Waals surface area contributed by atoms with Crippen LogP contribution in [-0.4, -0.2) is 15.8 Å². The molecule has 0 saturated carbocycles. The van der Waals surface area contributed by atoms with Crippen molar-refractivity contribution in [3.05, 3.63) is 42.5 Å². The number of hydrogen-bond acceptors (Lipinski definition) is 2. The minimum atomic E-state index is -0.441. The Balaban J connectivity index is 1.98. The van der Waals surface area contributed by atoms with Crippen molar-refractivity contribution in [1.82, 2.24) is 9.78 Å².